The van der Waals surface area contributed by atoms with E-state index in [1.54, 1.807) is 0 Å². The van der Waals surface area contributed by atoms with Crippen molar-refractivity contribution in [3.63, 3.8) is 0 Å². The van der Waals surface area contributed by atoms with E-state index < -0.39 is 0 Å². The molecule has 0 unspecified atom stereocenters. The van der Waals surface area contributed by atoms with Gasteiger partial charge in [-0.1, -0.05) is 152 Å². The number of nitrogens with zero attached hydrogens (tertiary/aromatic N) is 4. The molecule has 3 heterocycles. The standard InChI is InChI=1S/C54H34N4/c1-3-13-35(14-4-1)36-23-25-37(26-24-36)53-45-20-9-11-21-48(45)55-54(56-53)58-50-30-28-40(32-46(50)47-31-38-15-7-8-16-39(38)33-52(47)58)41-27-29-44-43-19-10-12-22-49(43)57(51(44)34-41)42-17-5-2-6-18-42/h1-34H. The van der Waals surface area contributed by atoms with Gasteiger partial charge in [0.25, 0.3) is 0 Å². The summed E-state index contributed by atoms with van der Waals surface area (Å²) < 4.78 is 4.64. The van der Waals surface area contributed by atoms with Crippen LogP contribution in [0.25, 0.3) is 110 Å². The highest BCUT2D eigenvalue weighted by Gasteiger charge is 2.20. The Bertz CT molecular complexity index is 3540. The molecule has 0 aliphatic carbocycles. The Kier molecular flexibility index (Phi) is 7.20. The first-order valence-electron chi connectivity index (χ1n) is 19.7. The minimum absolute atomic E-state index is 0.651. The van der Waals surface area contributed by atoms with Crippen LogP contribution in [0.2, 0.25) is 0 Å². The maximum atomic E-state index is 5.42. The summed E-state index contributed by atoms with van der Waals surface area (Å²) in [4.78, 5) is 10.7. The second kappa shape index (κ2) is 12.9. The fourth-order valence-corrected chi connectivity index (χ4v) is 8.94. The number of rotatable bonds is 5. The van der Waals surface area contributed by atoms with E-state index in [4.69, 9.17) is 9.97 Å². The average Bonchev–Trinajstić information content (AvgIpc) is 3.80. The van der Waals surface area contributed by atoms with Gasteiger partial charge < -0.3 is 4.57 Å². The summed E-state index contributed by atoms with van der Waals surface area (Å²) in [5, 5.41) is 8.22. The van der Waals surface area contributed by atoms with E-state index in [2.05, 4.69) is 215 Å². The molecule has 270 valence electrons. The Morgan fingerprint density at radius 2 is 0.845 bits per heavy atom. The summed E-state index contributed by atoms with van der Waals surface area (Å²) in [5.41, 5.74) is 13.2. The molecule has 12 rings (SSSR count). The maximum Gasteiger partial charge on any atom is 0.235 e. The largest absolute Gasteiger partial charge is 0.309 e. The molecule has 0 radical (unpaired) electrons. The number of benzene rings is 9. The van der Waals surface area contributed by atoms with Gasteiger partial charge in [-0.3, -0.25) is 4.57 Å². The fraction of sp³-hybridized carbons (Fsp3) is 0. The third-order valence-electron chi connectivity index (χ3n) is 11.7. The summed E-state index contributed by atoms with van der Waals surface area (Å²) >= 11 is 0. The van der Waals surface area contributed by atoms with Gasteiger partial charge in [0.2, 0.25) is 5.95 Å². The van der Waals surface area contributed by atoms with Crippen LogP contribution in [-0.2, 0) is 0 Å². The van der Waals surface area contributed by atoms with Crippen molar-refractivity contribution in [2.75, 3.05) is 0 Å². The SMILES string of the molecule is c1ccc(-c2ccc(-c3nc(-n4c5ccc(-c6ccc7c8ccccc8n(-c8ccccc8)c7c6)cc5c5cc6ccccc6cc54)nc4ccccc34)cc2)cc1. The van der Waals surface area contributed by atoms with Gasteiger partial charge in [-0.2, -0.15) is 0 Å². The first-order valence-corrected chi connectivity index (χ1v) is 19.7. The Morgan fingerprint density at radius 3 is 1.67 bits per heavy atom. The Balaban J connectivity index is 1.07. The summed E-state index contributed by atoms with van der Waals surface area (Å²) in [6, 6.07) is 73.9. The minimum Gasteiger partial charge on any atom is -0.309 e. The molecule has 3 aromatic heterocycles. The molecule has 0 aliphatic heterocycles. The molecule has 0 N–H and O–H groups in total. The molecule has 4 heteroatoms. The van der Waals surface area contributed by atoms with Crippen molar-refractivity contribution in [3.05, 3.63) is 206 Å². The lowest BCUT2D eigenvalue weighted by atomic mass is 10.0. The first-order chi connectivity index (χ1) is 28.7. The van der Waals surface area contributed by atoms with Crippen LogP contribution in [-0.4, -0.2) is 19.1 Å². The predicted octanol–water partition coefficient (Wildman–Crippen LogP) is 14.0. The van der Waals surface area contributed by atoms with Crippen LogP contribution < -0.4 is 0 Å². The van der Waals surface area contributed by atoms with Crippen molar-refractivity contribution < 1.29 is 0 Å². The summed E-state index contributed by atoms with van der Waals surface area (Å²) in [7, 11) is 0. The highest BCUT2D eigenvalue weighted by Crippen LogP contribution is 2.40. The van der Waals surface area contributed by atoms with E-state index in [0.29, 0.717) is 5.95 Å². The second-order valence-electron chi connectivity index (χ2n) is 15.0. The molecule has 0 bridgehead atoms. The number of aromatic nitrogens is 4. The summed E-state index contributed by atoms with van der Waals surface area (Å²) in [6.45, 7) is 0. The van der Waals surface area contributed by atoms with Crippen LogP contribution >= 0.6 is 0 Å². The molecule has 0 aliphatic rings. The molecule has 4 nitrogen and oxygen atoms in total. The van der Waals surface area contributed by atoms with E-state index >= 15 is 0 Å². The Labute approximate surface area is 334 Å². The van der Waals surface area contributed by atoms with Crippen molar-refractivity contribution in [1.29, 1.82) is 0 Å². The van der Waals surface area contributed by atoms with Crippen molar-refractivity contribution in [3.8, 4) is 45.1 Å². The van der Waals surface area contributed by atoms with Gasteiger partial charge >= 0.3 is 0 Å². The molecule has 58 heavy (non-hydrogen) atoms. The number of hydrogen-bond donors (Lipinski definition) is 0. The second-order valence-corrected chi connectivity index (χ2v) is 15.0. The van der Waals surface area contributed by atoms with Gasteiger partial charge in [-0.25, -0.2) is 9.97 Å². The lowest BCUT2D eigenvalue weighted by Gasteiger charge is -2.12. The van der Waals surface area contributed by atoms with Gasteiger partial charge in [0, 0.05) is 38.2 Å². The lowest BCUT2D eigenvalue weighted by molar-refractivity contribution is 1.01. The normalized spacial score (nSPS) is 11.8. The lowest BCUT2D eigenvalue weighted by Crippen LogP contribution is -2.03. The zero-order valence-corrected chi connectivity index (χ0v) is 31.4. The van der Waals surface area contributed by atoms with Crippen LogP contribution in [0.1, 0.15) is 0 Å². The van der Waals surface area contributed by atoms with Crippen LogP contribution in [0, 0.1) is 0 Å². The minimum atomic E-state index is 0.651. The molecular formula is C54H34N4. The third kappa shape index (κ3) is 5.09. The van der Waals surface area contributed by atoms with E-state index in [-0.39, 0.29) is 0 Å². The van der Waals surface area contributed by atoms with Crippen LogP contribution in [0.4, 0.5) is 0 Å². The highest BCUT2D eigenvalue weighted by molar-refractivity contribution is 6.15. The fourth-order valence-electron chi connectivity index (χ4n) is 8.94. The topological polar surface area (TPSA) is 35.6 Å². The number of para-hydroxylation sites is 3. The molecule has 9 aromatic carbocycles. The van der Waals surface area contributed by atoms with E-state index in [9.17, 15) is 0 Å². The van der Waals surface area contributed by atoms with Crippen molar-refractivity contribution >= 4 is 65.3 Å². The Hall–Kier alpha value is -7.82. The first kappa shape index (κ1) is 32.4. The van der Waals surface area contributed by atoms with Crippen LogP contribution in [0.5, 0.6) is 0 Å². The van der Waals surface area contributed by atoms with Gasteiger partial charge in [0.15, 0.2) is 0 Å². The van der Waals surface area contributed by atoms with E-state index in [1.165, 1.54) is 54.7 Å². The monoisotopic (exact) mass is 738 g/mol. The number of hydrogen-bond acceptors (Lipinski definition) is 2. The van der Waals surface area contributed by atoms with Crippen LogP contribution in [0.15, 0.2) is 206 Å². The molecule has 0 saturated carbocycles. The zero-order valence-electron chi connectivity index (χ0n) is 31.4. The maximum absolute atomic E-state index is 5.42. The Morgan fingerprint density at radius 1 is 0.293 bits per heavy atom. The molecule has 0 fully saturated rings. The van der Waals surface area contributed by atoms with Crippen LogP contribution in [0.3, 0.4) is 0 Å². The summed E-state index contributed by atoms with van der Waals surface area (Å²) in [6.07, 6.45) is 0. The highest BCUT2D eigenvalue weighted by atomic mass is 15.2. The smallest absolute Gasteiger partial charge is 0.235 e. The van der Waals surface area contributed by atoms with Gasteiger partial charge in [-0.15, -0.1) is 0 Å². The zero-order chi connectivity index (χ0) is 38.2. The van der Waals surface area contributed by atoms with Crippen molar-refractivity contribution in [2.45, 2.75) is 0 Å². The molecular weight excluding hydrogens is 705 g/mol. The molecule has 0 saturated heterocycles. The van der Waals surface area contributed by atoms with Gasteiger partial charge in [0.1, 0.15) is 0 Å². The predicted molar refractivity (Wildman–Crippen MR) is 242 cm³/mol. The molecule has 0 atom stereocenters. The van der Waals surface area contributed by atoms with Gasteiger partial charge in [0.05, 0.1) is 33.3 Å². The molecule has 12 aromatic rings. The van der Waals surface area contributed by atoms with Gasteiger partial charge in [-0.05, 0) is 87.6 Å². The quantitative estimate of drug-likeness (QED) is 0.176. The van der Waals surface area contributed by atoms with Crippen molar-refractivity contribution in [1.82, 2.24) is 19.1 Å². The molecule has 0 spiro atoms. The molecule has 0 amide bonds. The number of fused-ring (bicyclic) bond motifs is 8. The van der Waals surface area contributed by atoms with E-state index in [0.717, 1.165) is 49.8 Å². The third-order valence-corrected chi connectivity index (χ3v) is 11.7. The van der Waals surface area contributed by atoms with E-state index in [1.807, 2.05) is 0 Å². The summed E-state index contributed by atoms with van der Waals surface area (Å²) in [5.74, 6) is 0.651. The average molecular weight is 739 g/mol. The van der Waals surface area contributed by atoms with Crippen molar-refractivity contribution in [2.24, 2.45) is 0 Å².